The lowest BCUT2D eigenvalue weighted by molar-refractivity contribution is -0.133. The smallest absolute Gasteiger partial charge is 0.244 e. The van der Waals surface area contributed by atoms with Gasteiger partial charge in [0.15, 0.2) is 0 Å². The summed E-state index contributed by atoms with van der Waals surface area (Å²) in [5, 5.41) is 3.83. The molecule has 1 aliphatic rings. The zero-order valence-electron chi connectivity index (χ0n) is 11.9. The van der Waals surface area contributed by atoms with Crippen molar-refractivity contribution in [2.75, 3.05) is 11.9 Å². The third kappa shape index (κ3) is 3.02. The van der Waals surface area contributed by atoms with Crippen LogP contribution in [0.1, 0.15) is 19.8 Å². The van der Waals surface area contributed by atoms with Crippen LogP contribution in [0.3, 0.4) is 0 Å². The largest absolute Gasteiger partial charge is 0.331 e. The van der Waals surface area contributed by atoms with E-state index in [4.69, 9.17) is 0 Å². The number of hydrogen-bond acceptors (Lipinski definition) is 3. The molecule has 1 N–H and O–H groups in total. The van der Waals surface area contributed by atoms with Gasteiger partial charge >= 0.3 is 0 Å². The molecule has 3 rings (SSSR count). The first-order valence-corrected chi connectivity index (χ1v) is 7.06. The summed E-state index contributed by atoms with van der Waals surface area (Å²) in [6.07, 6.45) is 3.68. The Morgan fingerprint density at radius 3 is 2.76 bits per heavy atom. The minimum absolute atomic E-state index is 0.0521. The molecule has 0 unspecified atom stereocenters. The first-order chi connectivity index (χ1) is 10.1. The van der Waals surface area contributed by atoms with Crippen molar-refractivity contribution in [1.82, 2.24) is 9.88 Å². The summed E-state index contributed by atoms with van der Waals surface area (Å²) in [4.78, 5) is 29.7. The Hall–Kier alpha value is -2.43. The van der Waals surface area contributed by atoms with Gasteiger partial charge < -0.3 is 10.2 Å². The molecular formula is C16H17N3O2. The summed E-state index contributed by atoms with van der Waals surface area (Å²) in [5.41, 5.74) is 1.44. The number of amides is 2. The summed E-state index contributed by atoms with van der Waals surface area (Å²) in [6.45, 7) is 1.61. The van der Waals surface area contributed by atoms with E-state index >= 15 is 0 Å². The maximum atomic E-state index is 12.2. The number of para-hydroxylation sites is 1. The molecule has 0 bridgehead atoms. The Labute approximate surface area is 123 Å². The molecule has 1 aromatic heterocycles. The zero-order chi connectivity index (χ0) is 14.8. The number of nitrogens with zero attached hydrogens (tertiary/aromatic N) is 2. The topological polar surface area (TPSA) is 62.3 Å². The van der Waals surface area contributed by atoms with Crippen molar-refractivity contribution >= 4 is 28.4 Å². The van der Waals surface area contributed by atoms with E-state index in [1.807, 2.05) is 30.3 Å². The fourth-order valence-corrected chi connectivity index (χ4v) is 2.43. The second-order valence-electron chi connectivity index (χ2n) is 5.31. The normalized spacial score (nSPS) is 14.0. The van der Waals surface area contributed by atoms with Crippen LogP contribution in [-0.4, -0.2) is 34.3 Å². The van der Waals surface area contributed by atoms with Gasteiger partial charge in [-0.25, -0.2) is 0 Å². The molecule has 108 valence electrons. The second-order valence-corrected chi connectivity index (χ2v) is 5.31. The Kier molecular flexibility index (Phi) is 3.56. The highest BCUT2D eigenvalue weighted by Crippen LogP contribution is 2.27. The van der Waals surface area contributed by atoms with Gasteiger partial charge in [-0.3, -0.25) is 14.6 Å². The molecule has 5 heteroatoms. The summed E-state index contributed by atoms with van der Waals surface area (Å²) >= 11 is 0. The van der Waals surface area contributed by atoms with Crippen LogP contribution in [0.4, 0.5) is 5.69 Å². The van der Waals surface area contributed by atoms with Crippen LogP contribution in [0.5, 0.6) is 0 Å². The van der Waals surface area contributed by atoms with Gasteiger partial charge in [-0.05, 0) is 25.0 Å². The number of carbonyl (C=O) groups is 2. The van der Waals surface area contributed by atoms with Crippen LogP contribution in [0.2, 0.25) is 0 Å². The number of hydrogen-bond donors (Lipinski definition) is 1. The van der Waals surface area contributed by atoms with Crippen molar-refractivity contribution in [3.05, 3.63) is 36.5 Å². The monoisotopic (exact) mass is 283 g/mol. The third-order valence-corrected chi connectivity index (χ3v) is 3.61. The molecule has 1 aromatic carbocycles. The van der Waals surface area contributed by atoms with Crippen LogP contribution in [-0.2, 0) is 9.59 Å². The Morgan fingerprint density at radius 2 is 2.05 bits per heavy atom. The molecule has 0 radical (unpaired) electrons. The number of anilines is 1. The van der Waals surface area contributed by atoms with Crippen molar-refractivity contribution in [2.45, 2.75) is 25.8 Å². The fourth-order valence-electron chi connectivity index (χ4n) is 2.43. The van der Waals surface area contributed by atoms with E-state index in [1.165, 1.54) is 6.92 Å². The van der Waals surface area contributed by atoms with Crippen molar-refractivity contribution < 1.29 is 9.59 Å². The lowest BCUT2D eigenvalue weighted by atomic mass is 10.2. The minimum atomic E-state index is -0.185. The lowest BCUT2D eigenvalue weighted by Crippen LogP contribution is -2.38. The SMILES string of the molecule is CC(=O)N(CC(=O)Nc1cccc2cccnc12)C1CC1. The van der Waals surface area contributed by atoms with Gasteiger partial charge in [0.05, 0.1) is 11.2 Å². The molecule has 5 nitrogen and oxygen atoms in total. The highest BCUT2D eigenvalue weighted by atomic mass is 16.2. The maximum Gasteiger partial charge on any atom is 0.244 e. The molecule has 21 heavy (non-hydrogen) atoms. The van der Waals surface area contributed by atoms with E-state index in [0.717, 1.165) is 23.7 Å². The van der Waals surface area contributed by atoms with E-state index < -0.39 is 0 Å². The zero-order valence-corrected chi connectivity index (χ0v) is 11.9. The highest BCUT2D eigenvalue weighted by Gasteiger charge is 2.32. The molecular weight excluding hydrogens is 266 g/mol. The number of nitrogens with one attached hydrogen (secondary N) is 1. The van der Waals surface area contributed by atoms with Crippen molar-refractivity contribution in [2.24, 2.45) is 0 Å². The number of carbonyl (C=O) groups excluding carboxylic acids is 2. The predicted molar refractivity (Wildman–Crippen MR) is 80.8 cm³/mol. The molecule has 0 spiro atoms. The third-order valence-electron chi connectivity index (χ3n) is 3.61. The van der Waals surface area contributed by atoms with Gasteiger partial charge in [0.2, 0.25) is 11.8 Å². The highest BCUT2D eigenvalue weighted by molar-refractivity contribution is 6.01. The molecule has 2 amide bonds. The van der Waals surface area contributed by atoms with Gasteiger partial charge in [0.1, 0.15) is 6.54 Å². The van der Waals surface area contributed by atoms with E-state index in [1.54, 1.807) is 11.1 Å². The summed E-state index contributed by atoms with van der Waals surface area (Å²) < 4.78 is 0. The minimum Gasteiger partial charge on any atom is -0.331 e. The predicted octanol–water partition coefficient (Wildman–Crippen LogP) is 2.18. The maximum absolute atomic E-state index is 12.2. The molecule has 1 saturated carbocycles. The quantitative estimate of drug-likeness (QED) is 0.935. The van der Waals surface area contributed by atoms with Gasteiger partial charge in [-0.1, -0.05) is 18.2 Å². The van der Waals surface area contributed by atoms with Crippen LogP contribution < -0.4 is 5.32 Å². The molecule has 1 aliphatic carbocycles. The Morgan fingerprint density at radius 1 is 1.29 bits per heavy atom. The first-order valence-electron chi connectivity index (χ1n) is 7.06. The van der Waals surface area contributed by atoms with Crippen LogP contribution in [0, 0.1) is 0 Å². The lowest BCUT2D eigenvalue weighted by Gasteiger charge is -2.20. The van der Waals surface area contributed by atoms with Crippen molar-refractivity contribution in [1.29, 1.82) is 0 Å². The second kappa shape index (κ2) is 5.52. The Balaban J connectivity index is 1.75. The van der Waals surface area contributed by atoms with Gasteiger partial charge in [0.25, 0.3) is 0 Å². The van der Waals surface area contributed by atoms with Crippen LogP contribution in [0.15, 0.2) is 36.5 Å². The standard InChI is InChI=1S/C16H17N3O2/c1-11(20)19(13-7-8-13)10-15(21)18-14-6-2-4-12-5-3-9-17-16(12)14/h2-6,9,13H,7-8,10H2,1H3,(H,18,21). The van der Waals surface area contributed by atoms with Crippen LogP contribution >= 0.6 is 0 Å². The number of benzene rings is 1. The summed E-state index contributed by atoms with van der Waals surface area (Å²) in [6, 6.07) is 9.69. The van der Waals surface area contributed by atoms with E-state index in [9.17, 15) is 9.59 Å². The molecule has 2 aromatic rings. The number of rotatable bonds is 4. The molecule has 0 saturated heterocycles. The first kappa shape index (κ1) is 13.5. The van der Waals surface area contributed by atoms with E-state index in [-0.39, 0.29) is 24.4 Å². The molecule has 1 heterocycles. The van der Waals surface area contributed by atoms with E-state index in [0.29, 0.717) is 5.69 Å². The average molecular weight is 283 g/mol. The van der Waals surface area contributed by atoms with E-state index in [2.05, 4.69) is 10.3 Å². The summed E-state index contributed by atoms with van der Waals surface area (Å²) in [7, 11) is 0. The van der Waals surface area contributed by atoms with Gasteiger partial charge in [-0.2, -0.15) is 0 Å². The fraction of sp³-hybridized carbons (Fsp3) is 0.312. The molecule has 0 atom stereocenters. The summed E-state index contributed by atoms with van der Waals surface area (Å²) in [5.74, 6) is -0.237. The van der Waals surface area contributed by atoms with Gasteiger partial charge in [-0.15, -0.1) is 0 Å². The number of pyridine rings is 1. The average Bonchev–Trinajstić information content (AvgIpc) is 3.29. The van der Waals surface area contributed by atoms with Crippen molar-refractivity contribution in [3.63, 3.8) is 0 Å². The van der Waals surface area contributed by atoms with Crippen molar-refractivity contribution in [3.8, 4) is 0 Å². The number of aromatic nitrogens is 1. The molecule has 0 aliphatic heterocycles. The molecule has 1 fully saturated rings. The van der Waals surface area contributed by atoms with Gasteiger partial charge in [0, 0.05) is 24.5 Å². The number of fused-ring (bicyclic) bond motifs is 1. The Bertz CT molecular complexity index is 689. The van der Waals surface area contributed by atoms with Crippen LogP contribution in [0.25, 0.3) is 10.9 Å².